The zero-order chi connectivity index (χ0) is 27.3. The second kappa shape index (κ2) is 11.4. The molecule has 194 valence electrons. The van der Waals surface area contributed by atoms with Crippen LogP contribution in [0.1, 0.15) is 54.7 Å². The van der Waals surface area contributed by atoms with Gasteiger partial charge in [0.1, 0.15) is 6.04 Å². The lowest BCUT2D eigenvalue weighted by Gasteiger charge is -2.19. The molecule has 4 aromatic rings. The molecular formula is C32H33N3O3. The first-order chi connectivity index (χ1) is 18.1. The molecule has 0 fully saturated rings. The maximum atomic E-state index is 12.6. The maximum absolute atomic E-state index is 12.6. The number of benzene rings is 3. The van der Waals surface area contributed by atoms with Crippen molar-refractivity contribution in [3.63, 3.8) is 0 Å². The van der Waals surface area contributed by atoms with Crippen LogP contribution in [0.25, 0.3) is 22.5 Å². The topological polar surface area (TPSA) is 92.2 Å². The molecule has 0 saturated heterocycles. The number of hydrogen-bond acceptors (Lipinski definition) is 4. The summed E-state index contributed by atoms with van der Waals surface area (Å²) in [6.45, 7) is 8.61. The van der Waals surface area contributed by atoms with Crippen LogP contribution in [0.4, 0.5) is 0 Å². The number of amides is 1. The van der Waals surface area contributed by atoms with Crippen LogP contribution in [-0.2, 0) is 23.1 Å². The number of rotatable bonds is 8. The molecule has 1 atom stereocenters. The van der Waals surface area contributed by atoms with Crippen molar-refractivity contribution < 1.29 is 14.7 Å². The molecule has 0 saturated carbocycles. The van der Waals surface area contributed by atoms with E-state index in [1.807, 2.05) is 55.7 Å². The Morgan fingerprint density at radius 1 is 0.789 bits per heavy atom. The Bertz CT molecular complexity index is 1390. The van der Waals surface area contributed by atoms with Crippen molar-refractivity contribution in [1.29, 1.82) is 0 Å². The molecular weight excluding hydrogens is 474 g/mol. The Kier molecular flexibility index (Phi) is 8.01. The van der Waals surface area contributed by atoms with Gasteiger partial charge in [0.15, 0.2) is 5.82 Å². The summed E-state index contributed by atoms with van der Waals surface area (Å²) in [5, 5.41) is 12.3. The first kappa shape index (κ1) is 26.7. The normalized spacial score (nSPS) is 12.1. The van der Waals surface area contributed by atoms with Gasteiger partial charge >= 0.3 is 5.97 Å². The van der Waals surface area contributed by atoms with Crippen LogP contribution < -0.4 is 5.32 Å². The first-order valence-corrected chi connectivity index (χ1v) is 12.8. The molecule has 0 radical (unpaired) electrons. The van der Waals surface area contributed by atoms with Gasteiger partial charge in [-0.2, -0.15) is 0 Å². The van der Waals surface area contributed by atoms with Crippen LogP contribution in [0, 0.1) is 0 Å². The van der Waals surface area contributed by atoms with E-state index in [1.54, 1.807) is 12.1 Å². The lowest BCUT2D eigenvalue weighted by molar-refractivity contribution is -0.139. The van der Waals surface area contributed by atoms with E-state index >= 15 is 0 Å². The SMILES string of the molecule is CCc1ccc(C(=O)N[C@@H](Cc2ccc(-c3ncc(-c4ccc(C(C)(C)C)cc4)cn3)cc2)C(=O)O)cc1. The lowest BCUT2D eigenvalue weighted by Crippen LogP contribution is -2.42. The van der Waals surface area contributed by atoms with Crippen molar-refractivity contribution >= 4 is 11.9 Å². The molecule has 2 N–H and O–H groups in total. The number of nitrogens with zero attached hydrogens (tertiary/aromatic N) is 2. The zero-order valence-corrected chi connectivity index (χ0v) is 22.2. The summed E-state index contributed by atoms with van der Waals surface area (Å²) in [5.74, 6) is -0.898. The molecule has 1 aromatic heterocycles. The van der Waals surface area contributed by atoms with Gasteiger partial charge in [-0.3, -0.25) is 4.79 Å². The Hall–Kier alpha value is -4.32. The van der Waals surface area contributed by atoms with Crippen LogP contribution in [0.5, 0.6) is 0 Å². The summed E-state index contributed by atoms with van der Waals surface area (Å²) in [4.78, 5) is 33.5. The van der Waals surface area contributed by atoms with E-state index in [-0.39, 0.29) is 11.8 Å². The number of aliphatic carboxylic acids is 1. The first-order valence-electron chi connectivity index (χ1n) is 12.8. The Morgan fingerprint density at radius 3 is 1.87 bits per heavy atom. The molecule has 3 aromatic carbocycles. The van der Waals surface area contributed by atoms with Gasteiger partial charge in [-0.1, -0.05) is 88.4 Å². The molecule has 0 aliphatic carbocycles. The molecule has 6 heteroatoms. The van der Waals surface area contributed by atoms with Gasteiger partial charge in [0.05, 0.1) is 0 Å². The highest BCUT2D eigenvalue weighted by molar-refractivity contribution is 5.96. The van der Waals surface area contributed by atoms with E-state index in [0.717, 1.165) is 34.2 Å². The third-order valence-electron chi connectivity index (χ3n) is 6.62. The fraction of sp³-hybridized carbons (Fsp3) is 0.250. The highest BCUT2D eigenvalue weighted by atomic mass is 16.4. The minimum atomic E-state index is -1.08. The number of aryl methyl sites for hydroxylation is 1. The van der Waals surface area contributed by atoms with Crippen molar-refractivity contribution in [2.24, 2.45) is 0 Å². The van der Waals surface area contributed by atoms with Crippen LogP contribution in [-0.4, -0.2) is 33.0 Å². The second-order valence-electron chi connectivity index (χ2n) is 10.4. The van der Waals surface area contributed by atoms with Crippen molar-refractivity contribution in [2.45, 2.75) is 52.0 Å². The predicted octanol–water partition coefficient (Wildman–Crippen LogP) is 6.10. The fourth-order valence-corrected chi connectivity index (χ4v) is 4.15. The van der Waals surface area contributed by atoms with Crippen LogP contribution in [0.3, 0.4) is 0 Å². The highest BCUT2D eigenvalue weighted by Gasteiger charge is 2.21. The minimum absolute atomic E-state index is 0.0990. The van der Waals surface area contributed by atoms with Crippen molar-refractivity contribution in [3.8, 4) is 22.5 Å². The molecule has 6 nitrogen and oxygen atoms in total. The largest absolute Gasteiger partial charge is 0.480 e. The summed E-state index contributed by atoms with van der Waals surface area (Å²) in [7, 11) is 0. The highest BCUT2D eigenvalue weighted by Crippen LogP contribution is 2.26. The van der Waals surface area contributed by atoms with E-state index in [0.29, 0.717) is 11.4 Å². The number of nitrogens with one attached hydrogen (secondary N) is 1. The van der Waals surface area contributed by atoms with Gasteiger partial charge in [-0.05, 0) is 46.2 Å². The number of carbonyl (C=O) groups is 2. The lowest BCUT2D eigenvalue weighted by atomic mass is 9.86. The fourth-order valence-electron chi connectivity index (χ4n) is 4.15. The summed E-state index contributed by atoms with van der Waals surface area (Å²) in [6, 6.07) is 22.0. The summed E-state index contributed by atoms with van der Waals surface area (Å²) in [6.07, 6.45) is 4.66. The van der Waals surface area contributed by atoms with Crippen LogP contribution in [0.15, 0.2) is 85.2 Å². The molecule has 0 unspecified atom stereocenters. The van der Waals surface area contributed by atoms with Gasteiger partial charge in [0, 0.05) is 35.5 Å². The van der Waals surface area contributed by atoms with Crippen molar-refractivity contribution in [3.05, 3.63) is 107 Å². The van der Waals surface area contributed by atoms with E-state index in [2.05, 4.69) is 60.3 Å². The van der Waals surface area contributed by atoms with Crippen molar-refractivity contribution in [1.82, 2.24) is 15.3 Å². The van der Waals surface area contributed by atoms with Gasteiger partial charge in [0.25, 0.3) is 5.91 Å². The minimum Gasteiger partial charge on any atom is -0.480 e. The Balaban J connectivity index is 1.42. The number of carbonyl (C=O) groups excluding carboxylic acids is 1. The van der Waals surface area contributed by atoms with Gasteiger partial charge in [0.2, 0.25) is 0 Å². The summed E-state index contributed by atoms with van der Waals surface area (Å²) in [5.41, 5.74) is 6.54. The van der Waals surface area contributed by atoms with Crippen molar-refractivity contribution in [2.75, 3.05) is 0 Å². The quantitative estimate of drug-likeness (QED) is 0.301. The van der Waals surface area contributed by atoms with E-state index < -0.39 is 17.9 Å². The Labute approximate surface area is 223 Å². The van der Waals surface area contributed by atoms with Gasteiger partial charge < -0.3 is 10.4 Å². The standard InChI is InChI=1S/C32H33N3O3/c1-5-21-6-12-25(13-7-21)30(36)35-28(31(37)38)18-22-8-10-24(11-9-22)29-33-19-26(20-34-29)23-14-16-27(17-15-23)32(2,3)4/h6-17,19-20,28H,5,18H2,1-4H3,(H,35,36)(H,37,38)/t28-/m0/s1. The van der Waals surface area contributed by atoms with Gasteiger partial charge in [-0.25, -0.2) is 14.8 Å². The molecule has 1 heterocycles. The van der Waals surface area contributed by atoms with Crippen LogP contribution in [0.2, 0.25) is 0 Å². The molecule has 0 bridgehead atoms. The molecule has 38 heavy (non-hydrogen) atoms. The average Bonchev–Trinajstić information content (AvgIpc) is 2.93. The maximum Gasteiger partial charge on any atom is 0.326 e. The number of carboxylic acid groups (broad SMARTS) is 1. The van der Waals surface area contributed by atoms with E-state index in [9.17, 15) is 14.7 Å². The Morgan fingerprint density at radius 2 is 1.34 bits per heavy atom. The number of aromatic nitrogens is 2. The molecule has 0 aliphatic heterocycles. The third kappa shape index (κ3) is 6.51. The predicted molar refractivity (Wildman–Crippen MR) is 150 cm³/mol. The van der Waals surface area contributed by atoms with E-state index in [1.165, 1.54) is 5.56 Å². The third-order valence-corrected chi connectivity index (χ3v) is 6.62. The molecule has 4 rings (SSSR count). The number of carboxylic acids is 1. The summed E-state index contributed by atoms with van der Waals surface area (Å²) < 4.78 is 0. The zero-order valence-electron chi connectivity index (χ0n) is 22.2. The monoisotopic (exact) mass is 507 g/mol. The van der Waals surface area contributed by atoms with Crippen LogP contribution >= 0.6 is 0 Å². The summed E-state index contributed by atoms with van der Waals surface area (Å²) >= 11 is 0. The van der Waals surface area contributed by atoms with Gasteiger partial charge in [-0.15, -0.1) is 0 Å². The molecule has 0 aliphatic rings. The number of hydrogen-bond donors (Lipinski definition) is 2. The average molecular weight is 508 g/mol. The second-order valence-corrected chi connectivity index (χ2v) is 10.4. The molecule has 0 spiro atoms. The molecule has 1 amide bonds. The smallest absolute Gasteiger partial charge is 0.326 e. The van der Waals surface area contributed by atoms with E-state index in [4.69, 9.17) is 0 Å².